The van der Waals surface area contributed by atoms with Crippen molar-refractivity contribution < 1.29 is 4.42 Å². The lowest BCUT2D eigenvalue weighted by Gasteiger charge is -2.05. The minimum absolute atomic E-state index is 0.596. The van der Waals surface area contributed by atoms with Gasteiger partial charge in [-0.15, -0.1) is 0 Å². The van der Waals surface area contributed by atoms with Gasteiger partial charge in [0.1, 0.15) is 18.1 Å². The van der Waals surface area contributed by atoms with E-state index in [2.05, 4.69) is 21.5 Å². The predicted molar refractivity (Wildman–Crippen MR) is 78.6 cm³/mol. The first-order valence-electron chi connectivity index (χ1n) is 6.76. The summed E-state index contributed by atoms with van der Waals surface area (Å²) in [5, 5.41) is 0. The van der Waals surface area contributed by atoms with Crippen LogP contribution in [0.2, 0.25) is 0 Å². The summed E-state index contributed by atoms with van der Waals surface area (Å²) < 4.78 is 7.81. The molecule has 2 aromatic heterocycles. The van der Waals surface area contributed by atoms with Gasteiger partial charge in [0, 0.05) is 12.1 Å². The first-order chi connectivity index (χ1) is 9.58. The van der Waals surface area contributed by atoms with Gasteiger partial charge in [0.2, 0.25) is 5.89 Å². The van der Waals surface area contributed by atoms with Crippen molar-refractivity contribution >= 4 is 16.7 Å². The highest BCUT2D eigenvalue weighted by Crippen LogP contribution is 2.21. The molecule has 0 atom stereocenters. The molecule has 0 aliphatic heterocycles. The fraction of sp³-hybridized carbons (Fsp3) is 0.333. The molecule has 20 heavy (non-hydrogen) atoms. The van der Waals surface area contributed by atoms with Gasteiger partial charge in [-0.3, -0.25) is 0 Å². The number of benzene rings is 1. The van der Waals surface area contributed by atoms with E-state index in [1.807, 2.05) is 32.0 Å². The first kappa shape index (κ1) is 12.7. The fourth-order valence-electron chi connectivity index (χ4n) is 2.39. The van der Waals surface area contributed by atoms with Crippen LogP contribution in [-0.4, -0.2) is 14.5 Å². The second kappa shape index (κ2) is 4.67. The smallest absolute Gasteiger partial charge is 0.214 e. The molecule has 0 unspecified atom stereocenters. The predicted octanol–water partition coefficient (Wildman–Crippen LogP) is 2.83. The second-order valence-electron chi connectivity index (χ2n) is 4.97. The molecular weight excluding hydrogens is 252 g/mol. The van der Waals surface area contributed by atoms with Crippen molar-refractivity contribution in [1.82, 2.24) is 14.5 Å². The Morgan fingerprint density at radius 1 is 1.25 bits per heavy atom. The van der Waals surface area contributed by atoms with Gasteiger partial charge in [0.05, 0.1) is 16.7 Å². The lowest BCUT2D eigenvalue weighted by atomic mass is 10.3. The van der Waals surface area contributed by atoms with Crippen molar-refractivity contribution in [3.63, 3.8) is 0 Å². The highest BCUT2D eigenvalue weighted by Gasteiger charge is 2.13. The van der Waals surface area contributed by atoms with Crippen LogP contribution in [0.3, 0.4) is 0 Å². The number of aromatic nitrogens is 3. The standard InChI is InChI=1S/C15H18N4O/c1-4-14-18-12-7-11(16)5-6-13(12)19(14)8-15-17-9(2)10(3)20-15/h5-7H,4,8,16H2,1-3H3. The number of hydrogen-bond acceptors (Lipinski definition) is 4. The second-order valence-corrected chi connectivity index (χ2v) is 4.97. The number of aryl methyl sites for hydroxylation is 3. The lowest BCUT2D eigenvalue weighted by molar-refractivity contribution is 0.456. The number of imidazole rings is 1. The van der Waals surface area contributed by atoms with E-state index >= 15 is 0 Å². The number of rotatable bonds is 3. The fourth-order valence-corrected chi connectivity index (χ4v) is 2.39. The molecule has 0 radical (unpaired) electrons. The molecule has 1 aromatic carbocycles. The van der Waals surface area contributed by atoms with E-state index < -0.39 is 0 Å². The van der Waals surface area contributed by atoms with Crippen molar-refractivity contribution in [2.24, 2.45) is 0 Å². The van der Waals surface area contributed by atoms with Crippen LogP contribution in [0.15, 0.2) is 22.6 Å². The molecule has 3 rings (SSSR count). The topological polar surface area (TPSA) is 69.9 Å². The van der Waals surface area contributed by atoms with E-state index in [-0.39, 0.29) is 0 Å². The molecule has 5 nitrogen and oxygen atoms in total. The van der Waals surface area contributed by atoms with Crippen LogP contribution >= 0.6 is 0 Å². The molecule has 0 aliphatic rings. The van der Waals surface area contributed by atoms with E-state index in [0.717, 1.165) is 40.4 Å². The van der Waals surface area contributed by atoms with Gasteiger partial charge in [0.25, 0.3) is 0 Å². The molecule has 2 heterocycles. The quantitative estimate of drug-likeness (QED) is 0.743. The molecule has 0 spiro atoms. The third kappa shape index (κ3) is 2.05. The Bertz CT molecular complexity index is 750. The maximum absolute atomic E-state index is 5.82. The number of nitrogens with two attached hydrogens (primary N) is 1. The molecular formula is C15H18N4O. The van der Waals surface area contributed by atoms with Gasteiger partial charge in [-0.1, -0.05) is 6.92 Å². The Hall–Kier alpha value is -2.30. The van der Waals surface area contributed by atoms with Crippen molar-refractivity contribution in [3.8, 4) is 0 Å². The molecule has 0 saturated heterocycles. The van der Waals surface area contributed by atoms with E-state index in [9.17, 15) is 0 Å². The molecule has 0 bridgehead atoms. The molecule has 3 aromatic rings. The molecule has 2 N–H and O–H groups in total. The number of nitrogens with zero attached hydrogens (tertiary/aromatic N) is 3. The number of nitrogen functional groups attached to an aromatic ring is 1. The molecule has 0 saturated carbocycles. The third-order valence-electron chi connectivity index (χ3n) is 3.53. The summed E-state index contributed by atoms with van der Waals surface area (Å²) in [4.78, 5) is 9.08. The number of oxazole rings is 1. The number of anilines is 1. The van der Waals surface area contributed by atoms with Gasteiger partial charge in [-0.2, -0.15) is 0 Å². The normalized spacial score (nSPS) is 11.3. The van der Waals surface area contributed by atoms with Crippen LogP contribution in [-0.2, 0) is 13.0 Å². The van der Waals surface area contributed by atoms with Gasteiger partial charge in [0.15, 0.2) is 0 Å². The summed E-state index contributed by atoms with van der Waals surface area (Å²) in [5.41, 5.74) is 9.46. The summed E-state index contributed by atoms with van der Waals surface area (Å²) in [6.07, 6.45) is 0.854. The Labute approximate surface area is 117 Å². The maximum atomic E-state index is 5.82. The van der Waals surface area contributed by atoms with Gasteiger partial charge < -0.3 is 14.7 Å². The lowest BCUT2D eigenvalue weighted by Crippen LogP contribution is -2.04. The zero-order valence-corrected chi connectivity index (χ0v) is 12.0. The monoisotopic (exact) mass is 270 g/mol. The Morgan fingerprint density at radius 2 is 2.05 bits per heavy atom. The minimum atomic E-state index is 0.596. The minimum Gasteiger partial charge on any atom is -0.444 e. The highest BCUT2D eigenvalue weighted by atomic mass is 16.4. The Kier molecular flexibility index (Phi) is 2.97. The van der Waals surface area contributed by atoms with E-state index in [0.29, 0.717) is 12.4 Å². The third-order valence-corrected chi connectivity index (χ3v) is 3.53. The Morgan fingerprint density at radius 3 is 2.70 bits per heavy atom. The summed E-state index contributed by atoms with van der Waals surface area (Å²) >= 11 is 0. The van der Waals surface area contributed by atoms with Crippen molar-refractivity contribution in [3.05, 3.63) is 41.4 Å². The van der Waals surface area contributed by atoms with Crippen LogP contribution < -0.4 is 5.73 Å². The first-order valence-corrected chi connectivity index (χ1v) is 6.76. The van der Waals surface area contributed by atoms with Gasteiger partial charge >= 0.3 is 0 Å². The highest BCUT2D eigenvalue weighted by molar-refractivity contribution is 5.79. The SMILES string of the molecule is CCc1nc2cc(N)ccc2n1Cc1nc(C)c(C)o1. The summed E-state index contributed by atoms with van der Waals surface area (Å²) in [7, 11) is 0. The maximum Gasteiger partial charge on any atom is 0.214 e. The van der Waals surface area contributed by atoms with E-state index in [4.69, 9.17) is 10.2 Å². The molecule has 0 fully saturated rings. The van der Waals surface area contributed by atoms with E-state index in [1.54, 1.807) is 0 Å². The van der Waals surface area contributed by atoms with Crippen LogP contribution in [0.5, 0.6) is 0 Å². The van der Waals surface area contributed by atoms with Crippen molar-refractivity contribution in [2.45, 2.75) is 33.7 Å². The van der Waals surface area contributed by atoms with Crippen LogP contribution in [0.1, 0.15) is 30.1 Å². The number of fused-ring (bicyclic) bond motifs is 1. The van der Waals surface area contributed by atoms with Gasteiger partial charge in [-0.05, 0) is 32.0 Å². The Balaban J connectivity index is 2.09. The van der Waals surface area contributed by atoms with Gasteiger partial charge in [-0.25, -0.2) is 9.97 Å². The summed E-state index contributed by atoms with van der Waals surface area (Å²) in [5.74, 6) is 2.59. The van der Waals surface area contributed by atoms with Crippen molar-refractivity contribution in [2.75, 3.05) is 5.73 Å². The average molecular weight is 270 g/mol. The average Bonchev–Trinajstić information content (AvgIpc) is 2.91. The number of hydrogen-bond donors (Lipinski definition) is 1. The van der Waals surface area contributed by atoms with Crippen LogP contribution in [0, 0.1) is 13.8 Å². The molecule has 0 aliphatic carbocycles. The zero-order valence-electron chi connectivity index (χ0n) is 12.0. The molecule has 5 heteroatoms. The largest absolute Gasteiger partial charge is 0.444 e. The molecule has 0 amide bonds. The van der Waals surface area contributed by atoms with E-state index in [1.165, 1.54) is 0 Å². The molecule has 104 valence electrons. The summed E-state index contributed by atoms with van der Waals surface area (Å²) in [6, 6.07) is 5.79. The zero-order chi connectivity index (χ0) is 14.3. The van der Waals surface area contributed by atoms with Crippen molar-refractivity contribution in [1.29, 1.82) is 0 Å². The van der Waals surface area contributed by atoms with Crippen LogP contribution in [0.4, 0.5) is 5.69 Å². The summed E-state index contributed by atoms with van der Waals surface area (Å²) in [6.45, 7) is 6.57. The van der Waals surface area contributed by atoms with Crippen LogP contribution in [0.25, 0.3) is 11.0 Å².